The fraction of sp³-hybridized carbons (Fsp3) is 0.333. The molecule has 0 spiro atoms. The Balaban J connectivity index is 0.000000481. The first-order valence-electron chi connectivity index (χ1n) is 7.03. The molecule has 1 atom stereocenters. The van der Waals surface area contributed by atoms with Crippen LogP contribution < -0.4 is 5.73 Å². The molecule has 0 bridgehead atoms. The van der Waals surface area contributed by atoms with E-state index in [0.29, 0.717) is 0 Å². The van der Waals surface area contributed by atoms with Gasteiger partial charge in [-0.05, 0) is 24.1 Å². The summed E-state index contributed by atoms with van der Waals surface area (Å²) >= 11 is 0. The number of hydrogen-bond acceptors (Lipinski definition) is 7. The van der Waals surface area contributed by atoms with Crippen molar-refractivity contribution in [3.8, 4) is 5.75 Å². The Labute approximate surface area is 146 Å². The molecule has 1 aromatic carbocycles. The highest BCUT2D eigenvalue weighted by atomic mass is 16.4. The Morgan fingerprint density at radius 3 is 1.65 bits per heavy atom. The van der Waals surface area contributed by atoms with Crippen molar-refractivity contribution in [3.05, 3.63) is 29.8 Å². The van der Waals surface area contributed by atoms with Gasteiger partial charge in [-0.1, -0.05) is 12.1 Å². The van der Waals surface area contributed by atoms with Crippen LogP contribution in [-0.2, 0) is 25.6 Å². The summed E-state index contributed by atoms with van der Waals surface area (Å²) in [5.41, 5.74) is 3.38. The lowest BCUT2D eigenvalue weighted by Gasteiger charge is -2.18. The molecule has 0 saturated heterocycles. The van der Waals surface area contributed by atoms with Crippen LogP contribution in [0.25, 0.3) is 0 Å². The second kappa shape index (κ2) is 9.96. The number of phenolic OH excluding ortho intramolecular Hbond substituents is 1. The van der Waals surface area contributed by atoms with Crippen LogP contribution in [-0.4, -0.2) is 66.2 Å². The highest BCUT2D eigenvalue weighted by Gasteiger charge is 2.40. The van der Waals surface area contributed by atoms with Gasteiger partial charge in [-0.3, -0.25) is 14.4 Å². The summed E-state index contributed by atoms with van der Waals surface area (Å²) in [5, 5.41) is 51.3. The van der Waals surface area contributed by atoms with Crippen LogP contribution in [0.5, 0.6) is 5.75 Å². The highest BCUT2D eigenvalue weighted by molar-refractivity contribution is 5.88. The van der Waals surface area contributed by atoms with Gasteiger partial charge in [0, 0.05) is 0 Å². The summed E-state index contributed by atoms with van der Waals surface area (Å²) in [6.07, 6.45) is -2.02. The lowest BCUT2D eigenvalue weighted by molar-refractivity contribution is -0.170. The molecule has 0 fully saturated rings. The van der Waals surface area contributed by atoms with Crippen LogP contribution in [0.1, 0.15) is 18.4 Å². The maximum absolute atomic E-state index is 10.4. The topological polar surface area (TPSA) is 216 Å². The molecule has 1 unspecified atom stereocenters. The molecule has 0 radical (unpaired) electrons. The molecular formula is C15H19NO10. The number of carbonyl (C=O) groups is 4. The Bertz CT molecular complexity index is 639. The summed E-state index contributed by atoms with van der Waals surface area (Å²) in [5.74, 6) is -5.88. The molecule has 0 amide bonds. The number of carboxylic acid groups (broad SMARTS) is 4. The quantitative estimate of drug-likeness (QED) is 0.296. The third-order valence-electron chi connectivity index (χ3n) is 2.99. The molecule has 144 valence electrons. The molecule has 0 aromatic heterocycles. The number of aliphatic carboxylic acids is 4. The number of nitrogens with two attached hydrogens (primary N) is 1. The van der Waals surface area contributed by atoms with Crippen LogP contribution >= 0.6 is 0 Å². The van der Waals surface area contributed by atoms with Crippen molar-refractivity contribution in [2.75, 3.05) is 0 Å². The predicted octanol–water partition coefficient (Wildman–Crippen LogP) is -0.902. The maximum atomic E-state index is 10.4. The van der Waals surface area contributed by atoms with Gasteiger partial charge in [0.15, 0.2) is 5.60 Å². The minimum Gasteiger partial charge on any atom is -0.508 e. The number of carboxylic acids is 4. The van der Waals surface area contributed by atoms with E-state index < -0.39 is 48.4 Å². The normalized spacial score (nSPS) is 11.6. The highest BCUT2D eigenvalue weighted by Crippen LogP contribution is 2.15. The molecule has 1 rings (SSSR count). The molecule has 0 aliphatic carbocycles. The summed E-state index contributed by atoms with van der Waals surface area (Å²) < 4.78 is 0. The van der Waals surface area contributed by atoms with Crippen LogP contribution in [0, 0.1) is 0 Å². The standard InChI is InChI=1S/C9H11NO3.C6H8O7/c10-8(9(12)13)5-6-1-3-7(11)4-2-6;7-3(8)1-6(13,5(11)12)2-4(9)10/h1-4,8,11H,5,10H2,(H,12,13);13H,1-2H2,(H,7,8)(H,9,10)(H,11,12). The Morgan fingerprint density at radius 2 is 1.35 bits per heavy atom. The maximum Gasteiger partial charge on any atom is 0.336 e. The van der Waals surface area contributed by atoms with E-state index in [1.54, 1.807) is 12.1 Å². The molecule has 0 saturated carbocycles. The largest absolute Gasteiger partial charge is 0.508 e. The van der Waals surface area contributed by atoms with Crippen molar-refractivity contribution in [2.45, 2.75) is 30.9 Å². The fourth-order valence-electron chi connectivity index (χ4n) is 1.69. The average Bonchev–Trinajstić information content (AvgIpc) is 2.48. The first kappa shape index (κ1) is 22.8. The van der Waals surface area contributed by atoms with E-state index in [1.165, 1.54) is 12.1 Å². The van der Waals surface area contributed by atoms with E-state index in [4.69, 9.17) is 36.4 Å². The third kappa shape index (κ3) is 8.61. The number of aromatic hydroxyl groups is 1. The van der Waals surface area contributed by atoms with E-state index in [2.05, 4.69) is 0 Å². The van der Waals surface area contributed by atoms with E-state index in [9.17, 15) is 19.2 Å². The minimum atomic E-state index is -2.74. The number of phenols is 1. The molecular weight excluding hydrogens is 354 g/mol. The van der Waals surface area contributed by atoms with Gasteiger partial charge in [-0.25, -0.2) is 4.79 Å². The second-order valence-electron chi connectivity index (χ2n) is 5.29. The fourth-order valence-corrected chi connectivity index (χ4v) is 1.69. The Kier molecular flexibility index (Phi) is 8.74. The van der Waals surface area contributed by atoms with Gasteiger partial charge in [0.25, 0.3) is 0 Å². The minimum absolute atomic E-state index is 0.160. The zero-order chi connectivity index (χ0) is 20.5. The van der Waals surface area contributed by atoms with Gasteiger partial charge in [0.05, 0.1) is 12.8 Å². The van der Waals surface area contributed by atoms with Crippen LogP contribution in [0.15, 0.2) is 24.3 Å². The first-order valence-corrected chi connectivity index (χ1v) is 7.03. The Morgan fingerprint density at radius 1 is 0.923 bits per heavy atom. The van der Waals surface area contributed by atoms with Gasteiger partial charge in [-0.15, -0.1) is 0 Å². The molecule has 11 nitrogen and oxygen atoms in total. The van der Waals surface area contributed by atoms with E-state index >= 15 is 0 Å². The van der Waals surface area contributed by atoms with Crippen molar-refractivity contribution in [3.63, 3.8) is 0 Å². The number of rotatable bonds is 8. The van der Waals surface area contributed by atoms with Gasteiger partial charge in [0.1, 0.15) is 11.8 Å². The molecule has 0 heterocycles. The molecule has 1 aromatic rings. The molecule has 26 heavy (non-hydrogen) atoms. The molecule has 0 aliphatic rings. The molecule has 11 heteroatoms. The van der Waals surface area contributed by atoms with Gasteiger partial charge >= 0.3 is 23.9 Å². The smallest absolute Gasteiger partial charge is 0.336 e. The zero-order valence-corrected chi connectivity index (χ0v) is 13.4. The third-order valence-corrected chi connectivity index (χ3v) is 2.99. The van der Waals surface area contributed by atoms with Gasteiger partial charge in [-0.2, -0.15) is 0 Å². The van der Waals surface area contributed by atoms with E-state index in [0.717, 1.165) is 5.56 Å². The van der Waals surface area contributed by atoms with E-state index in [1.807, 2.05) is 0 Å². The summed E-state index contributed by atoms with van der Waals surface area (Å²) in [6.45, 7) is 0. The van der Waals surface area contributed by atoms with Crippen molar-refractivity contribution in [1.29, 1.82) is 0 Å². The van der Waals surface area contributed by atoms with Gasteiger partial charge in [0.2, 0.25) is 0 Å². The van der Waals surface area contributed by atoms with Crippen molar-refractivity contribution >= 4 is 23.9 Å². The van der Waals surface area contributed by atoms with Crippen molar-refractivity contribution in [2.24, 2.45) is 5.73 Å². The van der Waals surface area contributed by atoms with E-state index in [-0.39, 0.29) is 12.2 Å². The lowest BCUT2D eigenvalue weighted by atomic mass is 9.96. The monoisotopic (exact) mass is 373 g/mol. The van der Waals surface area contributed by atoms with Crippen LogP contribution in [0.2, 0.25) is 0 Å². The number of benzene rings is 1. The van der Waals surface area contributed by atoms with Gasteiger partial charge < -0.3 is 36.4 Å². The first-order chi connectivity index (χ1) is 11.9. The Hall–Kier alpha value is -3.18. The van der Waals surface area contributed by atoms with Crippen molar-refractivity contribution in [1.82, 2.24) is 0 Å². The molecule has 8 N–H and O–H groups in total. The summed E-state index contributed by atoms with van der Waals surface area (Å²) in [7, 11) is 0. The molecule has 0 aliphatic heterocycles. The predicted molar refractivity (Wildman–Crippen MR) is 84.5 cm³/mol. The summed E-state index contributed by atoms with van der Waals surface area (Å²) in [4.78, 5) is 40.9. The lowest BCUT2D eigenvalue weighted by Crippen LogP contribution is -2.42. The van der Waals surface area contributed by atoms with Crippen molar-refractivity contribution < 1.29 is 49.8 Å². The number of aliphatic hydroxyl groups is 1. The number of hydrogen-bond donors (Lipinski definition) is 7. The summed E-state index contributed by atoms with van der Waals surface area (Å²) in [6, 6.07) is 5.42. The second-order valence-corrected chi connectivity index (χ2v) is 5.29. The average molecular weight is 373 g/mol. The SMILES string of the molecule is NC(Cc1ccc(O)cc1)C(=O)O.O=C(O)CC(O)(CC(=O)O)C(=O)O. The zero-order valence-electron chi connectivity index (χ0n) is 13.4. The van der Waals surface area contributed by atoms with Crippen LogP contribution in [0.4, 0.5) is 0 Å². The van der Waals surface area contributed by atoms with Crippen LogP contribution in [0.3, 0.4) is 0 Å².